The molecule has 0 N–H and O–H groups in total. The van der Waals surface area contributed by atoms with E-state index in [0.717, 1.165) is 34.7 Å². The molecule has 2 heterocycles. The van der Waals surface area contributed by atoms with E-state index in [-0.39, 0.29) is 11.8 Å². The molecule has 5 nitrogen and oxygen atoms in total. The highest BCUT2D eigenvalue weighted by molar-refractivity contribution is 6.30. The quantitative estimate of drug-likeness (QED) is 0.348. The second kappa shape index (κ2) is 9.28. The Labute approximate surface area is 198 Å². The number of aromatic nitrogens is 2. The maximum absolute atomic E-state index is 12.9. The van der Waals surface area contributed by atoms with Gasteiger partial charge in [-0.2, -0.15) is 0 Å². The van der Waals surface area contributed by atoms with Crippen LogP contribution < -0.4 is 9.64 Å². The summed E-state index contributed by atoms with van der Waals surface area (Å²) in [5.41, 5.74) is 4.12. The first-order valence-electron chi connectivity index (χ1n) is 11.3. The topological polar surface area (TPSA) is 47.4 Å². The number of imidazole rings is 1. The number of fused-ring (bicyclic) bond motifs is 1. The van der Waals surface area contributed by atoms with Gasteiger partial charge >= 0.3 is 0 Å². The van der Waals surface area contributed by atoms with Crippen molar-refractivity contribution in [3.05, 3.63) is 89.2 Å². The fraction of sp³-hybridized carbons (Fsp3) is 0.259. The Bertz CT molecular complexity index is 1280. The molecule has 4 aromatic rings. The van der Waals surface area contributed by atoms with E-state index in [9.17, 15) is 4.79 Å². The van der Waals surface area contributed by atoms with E-state index >= 15 is 0 Å². The molecule has 1 fully saturated rings. The lowest BCUT2D eigenvalue weighted by molar-refractivity contribution is -0.117. The summed E-state index contributed by atoms with van der Waals surface area (Å²) in [6.07, 6.45) is 1.44. The molecule has 1 unspecified atom stereocenters. The highest BCUT2D eigenvalue weighted by Crippen LogP contribution is 2.34. The van der Waals surface area contributed by atoms with Crippen molar-refractivity contribution in [3.63, 3.8) is 0 Å². The lowest BCUT2D eigenvalue weighted by atomic mass is 10.1. The minimum absolute atomic E-state index is 0.00715. The number of rotatable bonds is 7. The molecule has 0 aliphatic carbocycles. The van der Waals surface area contributed by atoms with Crippen LogP contribution in [0.3, 0.4) is 0 Å². The van der Waals surface area contributed by atoms with Gasteiger partial charge in [0, 0.05) is 29.6 Å². The van der Waals surface area contributed by atoms with Gasteiger partial charge in [-0.1, -0.05) is 48.9 Å². The highest BCUT2D eigenvalue weighted by Gasteiger charge is 2.34. The first kappa shape index (κ1) is 21.5. The molecule has 0 radical (unpaired) electrons. The van der Waals surface area contributed by atoms with Gasteiger partial charge < -0.3 is 14.2 Å². The molecule has 1 aliphatic heterocycles. The SMILES string of the molecule is CCc1ccc(OCCn2c(C3CC(=O)N(c4cccc(Cl)c4)C3)nc3ccccc32)cc1. The van der Waals surface area contributed by atoms with Gasteiger partial charge in [-0.05, 0) is 54.4 Å². The predicted octanol–water partition coefficient (Wildman–Crippen LogP) is 5.85. The number of ether oxygens (including phenoxy) is 1. The molecule has 168 valence electrons. The molecule has 1 aliphatic rings. The summed E-state index contributed by atoms with van der Waals surface area (Å²) in [5, 5.41) is 0.625. The van der Waals surface area contributed by atoms with Gasteiger partial charge in [-0.25, -0.2) is 4.98 Å². The Morgan fingerprint density at radius 3 is 2.67 bits per heavy atom. The molecule has 3 aromatic carbocycles. The van der Waals surface area contributed by atoms with Crippen LogP contribution in [0.15, 0.2) is 72.8 Å². The summed E-state index contributed by atoms with van der Waals surface area (Å²) in [6.45, 7) is 3.91. The number of anilines is 1. The van der Waals surface area contributed by atoms with E-state index in [4.69, 9.17) is 21.3 Å². The summed E-state index contributed by atoms with van der Waals surface area (Å²) < 4.78 is 8.23. The van der Waals surface area contributed by atoms with Crippen LogP contribution >= 0.6 is 11.6 Å². The smallest absolute Gasteiger partial charge is 0.227 e. The Morgan fingerprint density at radius 1 is 1.06 bits per heavy atom. The van der Waals surface area contributed by atoms with E-state index in [1.807, 2.05) is 59.5 Å². The van der Waals surface area contributed by atoms with Crippen molar-refractivity contribution in [2.45, 2.75) is 32.2 Å². The van der Waals surface area contributed by atoms with Crippen LogP contribution in [0.5, 0.6) is 5.75 Å². The molecular formula is C27H26ClN3O2. The Hall–Kier alpha value is -3.31. The fourth-order valence-electron chi connectivity index (χ4n) is 4.49. The van der Waals surface area contributed by atoms with Crippen LogP contribution in [0.2, 0.25) is 5.02 Å². The van der Waals surface area contributed by atoms with Gasteiger partial charge in [0.1, 0.15) is 18.2 Å². The molecular weight excluding hydrogens is 434 g/mol. The molecule has 0 bridgehead atoms. The number of nitrogens with zero attached hydrogens (tertiary/aromatic N) is 3. The number of amides is 1. The number of hydrogen-bond donors (Lipinski definition) is 0. The van der Waals surface area contributed by atoms with Gasteiger partial charge in [-0.3, -0.25) is 4.79 Å². The van der Waals surface area contributed by atoms with E-state index in [2.05, 4.69) is 29.7 Å². The summed E-state index contributed by atoms with van der Waals surface area (Å²) in [4.78, 5) is 19.6. The molecule has 5 rings (SSSR count). The number of halogens is 1. The third-order valence-electron chi connectivity index (χ3n) is 6.21. The summed E-state index contributed by atoms with van der Waals surface area (Å²) in [6, 6.07) is 23.8. The van der Waals surface area contributed by atoms with Crippen LogP contribution in [0, 0.1) is 0 Å². The minimum atomic E-state index is 0.00715. The summed E-state index contributed by atoms with van der Waals surface area (Å²) in [7, 11) is 0. The number of para-hydroxylation sites is 2. The largest absolute Gasteiger partial charge is 0.492 e. The first-order chi connectivity index (χ1) is 16.1. The zero-order chi connectivity index (χ0) is 22.8. The number of carbonyl (C=O) groups excluding carboxylic acids is 1. The fourth-order valence-corrected chi connectivity index (χ4v) is 4.68. The zero-order valence-electron chi connectivity index (χ0n) is 18.6. The summed E-state index contributed by atoms with van der Waals surface area (Å²) >= 11 is 6.16. The predicted molar refractivity (Wildman–Crippen MR) is 132 cm³/mol. The standard InChI is InChI=1S/C27H26ClN3O2/c1-2-19-10-12-23(13-11-19)33-15-14-30-25-9-4-3-8-24(25)29-27(30)20-16-26(32)31(18-20)22-7-5-6-21(28)17-22/h3-13,17,20H,2,14-16,18H2,1H3. The molecule has 1 atom stereocenters. The molecule has 0 saturated carbocycles. The van der Waals surface area contributed by atoms with Gasteiger partial charge in [0.2, 0.25) is 5.91 Å². The summed E-state index contributed by atoms with van der Waals surface area (Å²) in [5.74, 6) is 1.89. The van der Waals surface area contributed by atoms with Crippen LogP contribution in [-0.4, -0.2) is 28.6 Å². The second-order valence-corrected chi connectivity index (χ2v) is 8.78. The molecule has 33 heavy (non-hydrogen) atoms. The third-order valence-corrected chi connectivity index (χ3v) is 6.44. The maximum Gasteiger partial charge on any atom is 0.227 e. The van der Waals surface area contributed by atoms with Crippen molar-refractivity contribution in [2.24, 2.45) is 0 Å². The van der Waals surface area contributed by atoms with Crippen molar-refractivity contribution >= 4 is 34.2 Å². The van der Waals surface area contributed by atoms with Crippen LogP contribution in [0.25, 0.3) is 11.0 Å². The Balaban J connectivity index is 1.38. The van der Waals surface area contributed by atoms with Crippen molar-refractivity contribution in [3.8, 4) is 5.75 Å². The van der Waals surface area contributed by atoms with Gasteiger partial charge in [-0.15, -0.1) is 0 Å². The molecule has 1 amide bonds. The van der Waals surface area contributed by atoms with Crippen LogP contribution in [0.4, 0.5) is 5.69 Å². The van der Waals surface area contributed by atoms with Crippen molar-refractivity contribution < 1.29 is 9.53 Å². The number of hydrogen-bond acceptors (Lipinski definition) is 3. The van der Waals surface area contributed by atoms with Gasteiger partial charge in [0.25, 0.3) is 0 Å². The van der Waals surface area contributed by atoms with E-state index in [1.54, 1.807) is 0 Å². The van der Waals surface area contributed by atoms with Crippen molar-refractivity contribution in [1.29, 1.82) is 0 Å². The number of benzene rings is 3. The second-order valence-electron chi connectivity index (χ2n) is 8.34. The number of aryl methyl sites for hydroxylation is 1. The monoisotopic (exact) mass is 459 g/mol. The normalized spacial score (nSPS) is 16.0. The average molecular weight is 460 g/mol. The number of carbonyl (C=O) groups is 1. The molecule has 6 heteroatoms. The third kappa shape index (κ3) is 4.46. The first-order valence-corrected chi connectivity index (χ1v) is 11.7. The van der Waals surface area contributed by atoms with Gasteiger partial charge in [0.15, 0.2) is 0 Å². The van der Waals surface area contributed by atoms with Crippen LogP contribution in [0.1, 0.15) is 30.7 Å². The molecule has 0 spiro atoms. The molecule has 1 saturated heterocycles. The van der Waals surface area contributed by atoms with E-state index in [0.29, 0.717) is 31.1 Å². The lowest BCUT2D eigenvalue weighted by Crippen LogP contribution is -2.24. The Kier molecular flexibility index (Phi) is 6.05. The highest BCUT2D eigenvalue weighted by atomic mass is 35.5. The minimum Gasteiger partial charge on any atom is -0.492 e. The van der Waals surface area contributed by atoms with Crippen molar-refractivity contribution in [1.82, 2.24) is 9.55 Å². The maximum atomic E-state index is 12.9. The molecule has 1 aromatic heterocycles. The Morgan fingerprint density at radius 2 is 1.88 bits per heavy atom. The van der Waals surface area contributed by atoms with E-state index < -0.39 is 0 Å². The van der Waals surface area contributed by atoms with E-state index in [1.165, 1.54) is 5.56 Å². The zero-order valence-corrected chi connectivity index (χ0v) is 19.3. The lowest BCUT2D eigenvalue weighted by Gasteiger charge is -2.18. The van der Waals surface area contributed by atoms with Crippen molar-refractivity contribution in [2.75, 3.05) is 18.1 Å². The van der Waals surface area contributed by atoms with Crippen LogP contribution in [-0.2, 0) is 17.8 Å². The van der Waals surface area contributed by atoms with Gasteiger partial charge in [0.05, 0.1) is 17.6 Å². The average Bonchev–Trinajstić information content (AvgIpc) is 3.40.